The van der Waals surface area contributed by atoms with E-state index in [2.05, 4.69) is 26.0 Å². The minimum atomic E-state index is 0.505. The summed E-state index contributed by atoms with van der Waals surface area (Å²) in [5, 5.41) is 0. The maximum atomic E-state index is 12.0. The molecule has 124 valence electrons. The predicted molar refractivity (Wildman–Crippen MR) is 94.9 cm³/mol. The molecule has 0 aromatic carbocycles. The van der Waals surface area contributed by atoms with E-state index in [9.17, 15) is 4.79 Å². The van der Waals surface area contributed by atoms with Crippen molar-refractivity contribution in [2.24, 2.45) is 11.8 Å². The molecule has 0 spiro atoms. The van der Waals surface area contributed by atoms with E-state index < -0.39 is 0 Å². The van der Waals surface area contributed by atoms with E-state index in [0.29, 0.717) is 5.78 Å². The van der Waals surface area contributed by atoms with Crippen molar-refractivity contribution >= 4 is 5.78 Å². The van der Waals surface area contributed by atoms with Gasteiger partial charge in [-0.3, -0.25) is 4.79 Å². The number of allylic oxidation sites excluding steroid dienone is 4. The Balaban J connectivity index is 1.49. The molecular weight excluding hydrogens is 268 g/mol. The molecule has 0 aromatic rings. The lowest BCUT2D eigenvalue weighted by molar-refractivity contribution is -0.119. The maximum Gasteiger partial charge on any atom is 0.132 e. The zero-order valence-electron chi connectivity index (χ0n) is 14.7. The molecule has 0 radical (unpaired) electrons. The molecule has 0 aliphatic heterocycles. The first-order valence-corrected chi connectivity index (χ1v) is 9.46. The molecule has 0 saturated heterocycles. The largest absolute Gasteiger partial charge is 0.300 e. The highest BCUT2D eigenvalue weighted by atomic mass is 16.1. The van der Waals surface area contributed by atoms with Gasteiger partial charge in [0.1, 0.15) is 5.78 Å². The standard InChI is InChI=1S/C21H34O/c1-17-9-13-19(14-10-17)5-3-7-21(22)8-4-6-20-15-11-18(2)12-16-20/h9,11,19-20H,3-8,10,12-16H2,1-2H3. The van der Waals surface area contributed by atoms with Crippen LogP contribution >= 0.6 is 0 Å². The van der Waals surface area contributed by atoms with E-state index in [1.165, 1.54) is 51.4 Å². The molecule has 0 saturated carbocycles. The maximum absolute atomic E-state index is 12.0. The molecule has 1 heteroatoms. The Morgan fingerprint density at radius 2 is 1.36 bits per heavy atom. The van der Waals surface area contributed by atoms with Crippen molar-refractivity contribution in [2.75, 3.05) is 0 Å². The molecule has 0 N–H and O–H groups in total. The number of hydrogen-bond acceptors (Lipinski definition) is 1. The van der Waals surface area contributed by atoms with Gasteiger partial charge in [-0.05, 0) is 89.9 Å². The first-order valence-electron chi connectivity index (χ1n) is 9.46. The smallest absolute Gasteiger partial charge is 0.132 e. The molecule has 0 heterocycles. The predicted octanol–water partition coefficient (Wildman–Crippen LogP) is 6.39. The lowest BCUT2D eigenvalue weighted by Crippen LogP contribution is -2.08. The number of hydrogen-bond donors (Lipinski definition) is 0. The third kappa shape index (κ3) is 6.50. The fourth-order valence-electron chi connectivity index (χ4n) is 3.86. The molecular formula is C21H34O. The van der Waals surface area contributed by atoms with Gasteiger partial charge in [-0.1, -0.05) is 23.3 Å². The van der Waals surface area contributed by atoms with Crippen LogP contribution in [-0.4, -0.2) is 5.78 Å². The summed E-state index contributed by atoms with van der Waals surface area (Å²) in [4.78, 5) is 12.0. The number of ketones is 1. The summed E-state index contributed by atoms with van der Waals surface area (Å²) in [6.07, 6.45) is 18.9. The van der Waals surface area contributed by atoms with E-state index >= 15 is 0 Å². The summed E-state index contributed by atoms with van der Waals surface area (Å²) in [5.41, 5.74) is 3.11. The highest BCUT2D eigenvalue weighted by molar-refractivity contribution is 5.78. The minimum Gasteiger partial charge on any atom is -0.300 e. The summed E-state index contributed by atoms with van der Waals surface area (Å²) in [6.45, 7) is 4.48. The van der Waals surface area contributed by atoms with Gasteiger partial charge in [0.05, 0.1) is 0 Å². The molecule has 2 aliphatic rings. The van der Waals surface area contributed by atoms with Gasteiger partial charge < -0.3 is 0 Å². The Labute approximate surface area is 137 Å². The van der Waals surface area contributed by atoms with Gasteiger partial charge in [0, 0.05) is 12.8 Å². The molecule has 22 heavy (non-hydrogen) atoms. The fraction of sp³-hybridized carbons (Fsp3) is 0.762. The average molecular weight is 303 g/mol. The first kappa shape index (κ1) is 17.5. The summed E-state index contributed by atoms with van der Waals surface area (Å²) in [5.74, 6) is 2.19. The van der Waals surface area contributed by atoms with Gasteiger partial charge in [0.25, 0.3) is 0 Å². The van der Waals surface area contributed by atoms with Crippen LogP contribution in [0.4, 0.5) is 0 Å². The number of Topliss-reactive ketones (excluding diaryl/α,β-unsaturated/α-hetero) is 1. The van der Waals surface area contributed by atoms with Crippen LogP contribution in [0.5, 0.6) is 0 Å². The van der Waals surface area contributed by atoms with E-state index in [1.54, 1.807) is 11.1 Å². The molecule has 0 fully saturated rings. The Hall–Kier alpha value is -0.850. The van der Waals surface area contributed by atoms with Gasteiger partial charge in [0.2, 0.25) is 0 Å². The van der Waals surface area contributed by atoms with Crippen molar-refractivity contribution in [3.05, 3.63) is 23.3 Å². The Morgan fingerprint density at radius 3 is 1.73 bits per heavy atom. The molecule has 0 aromatic heterocycles. The first-order chi connectivity index (χ1) is 10.6. The normalized spacial score (nSPS) is 25.5. The van der Waals surface area contributed by atoms with Crippen molar-refractivity contribution in [2.45, 2.75) is 90.9 Å². The third-order valence-corrected chi connectivity index (χ3v) is 5.63. The van der Waals surface area contributed by atoms with Crippen molar-refractivity contribution in [1.82, 2.24) is 0 Å². The highest BCUT2D eigenvalue weighted by Crippen LogP contribution is 2.28. The van der Waals surface area contributed by atoms with Crippen LogP contribution in [0.1, 0.15) is 90.9 Å². The second-order valence-electron chi connectivity index (χ2n) is 7.70. The molecule has 2 aliphatic carbocycles. The molecule has 0 amide bonds. The van der Waals surface area contributed by atoms with Crippen molar-refractivity contribution in [1.29, 1.82) is 0 Å². The summed E-state index contributed by atoms with van der Waals surface area (Å²) < 4.78 is 0. The van der Waals surface area contributed by atoms with Crippen LogP contribution in [0.15, 0.2) is 23.3 Å². The zero-order valence-corrected chi connectivity index (χ0v) is 14.7. The summed E-state index contributed by atoms with van der Waals surface area (Å²) >= 11 is 0. The number of rotatable bonds is 8. The quantitative estimate of drug-likeness (QED) is 0.475. The van der Waals surface area contributed by atoms with Crippen LogP contribution < -0.4 is 0 Å². The minimum absolute atomic E-state index is 0.505. The van der Waals surface area contributed by atoms with Crippen LogP contribution in [-0.2, 0) is 4.79 Å². The lowest BCUT2D eigenvalue weighted by Gasteiger charge is -2.20. The SMILES string of the molecule is CC1=CCC(CCCC(=O)CCCC2CC=C(C)CC2)CC1. The molecule has 2 atom stereocenters. The van der Waals surface area contributed by atoms with E-state index in [0.717, 1.165) is 37.5 Å². The van der Waals surface area contributed by atoms with E-state index in [-0.39, 0.29) is 0 Å². The summed E-state index contributed by atoms with van der Waals surface area (Å²) in [6, 6.07) is 0. The van der Waals surface area contributed by atoms with Crippen LogP contribution in [0.2, 0.25) is 0 Å². The summed E-state index contributed by atoms with van der Waals surface area (Å²) in [7, 11) is 0. The number of carbonyl (C=O) groups is 1. The number of carbonyl (C=O) groups excluding carboxylic acids is 1. The topological polar surface area (TPSA) is 17.1 Å². The Bertz CT molecular complexity index is 378. The molecule has 2 unspecified atom stereocenters. The van der Waals surface area contributed by atoms with Crippen LogP contribution in [0.25, 0.3) is 0 Å². The third-order valence-electron chi connectivity index (χ3n) is 5.63. The van der Waals surface area contributed by atoms with Crippen LogP contribution in [0.3, 0.4) is 0 Å². The van der Waals surface area contributed by atoms with Crippen LogP contribution in [0, 0.1) is 11.8 Å². The zero-order chi connectivity index (χ0) is 15.8. The molecule has 0 bridgehead atoms. The van der Waals surface area contributed by atoms with Gasteiger partial charge >= 0.3 is 0 Å². The molecule has 1 nitrogen and oxygen atoms in total. The van der Waals surface area contributed by atoms with Gasteiger partial charge in [0.15, 0.2) is 0 Å². The van der Waals surface area contributed by atoms with Crippen molar-refractivity contribution in [3.63, 3.8) is 0 Å². The monoisotopic (exact) mass is 302 g/mol. The van der Waals surface area contributed by atoms with E-state index in [4.69, 9.17) is 0 Å². The fourth-order valence-corrected chi connectivity index (χ4v) is 3.86. The molecule has 2 rings (SSSR count). The van der Waals surface area contributed by atoms with Crippen molar-refractivity contribution in [3.8, 4) is 0 Å². The van der Waals surface area contributed by atoms with E-state index in [1.807, 2.05) is 0 Å². The van der Waals surface area contributed by atoms with Gasteiger partial charge in [-0.2, -0.15) is 0 Å². The van der Waals surface area contributed by atoms with Gasteiger partial charge in [-0.25, -0.2) is 0 Å². The Kier molecular flexibility index (Phi) is 7.42. The van der Waals surface area contributed by atoms with Gasteiger partial charge in [-0.15, -0.1) is 0 Å². The Morgan fingerprint density at radius 1 is 0.909 bits per heavy atom. The second-order valence-corrected chi connectivity index (χ2v) is 7.70. The lowest BCUT2D eigenvalue weighted by atomic mass is 9.85. The average Bonchev–Trinajstić information content (AvgIpc) is 2.51. The van der Waals surface area contributed by atoms with Crippen molar-refractivity contribution < 1.29 is 4.79 Å². The second kappa shape index (κ2) is 9.33. The highest BCUT2D eigenvalue weighted by Gasteiger charge is 2.14.